The normalized spacial score (nSPS) is 24.2. The first-order valence-corrected chi connectivity index (χ1v) is 5.05. The average Bonchev–Trinajstić information content (AvgIpc) is 2.03. The van der Waals surface area contributed by atoms with Gasteiger partial charge in [-0.1, -0.05) is 13.3 Å². The van der Waals surface area contributed by atoms with Gasteiger partial charge in [-0.15, -0.1) is 0 Å². The second kappa shape index (κ2) is 4.22. The smallest absolute Gasteiger partial charge is 0.110 e. The van der Waals surface area contributed by atoms with E-state index in [1.165, 1.54) is 12.8 Å². The second-order valence-corrected chi connectivity index (χ2v) is 4.11. The van der Waals surface area contributed by atoms with Gasteiger partial charge in [0.1, 0.15) is 5.67 Å². The molecule has 0 spiro atoms. The van der Waals surface area contributed by atoms with Crippen LogP contribution in [0, 0.1) is 0 Å². The SMILES string of the molecule is CCCCN1CCC(C)(F)CC1. The Morgan fingerprint density at radius 2 is 1.92 bits per heavy atom. The summed E-state index contributed by atoms with van der Waals surface area (Å²) < 4.78 is 13.3. The third kappa shape index (κ3) is 3.10. The number of rotatable bonds is 3. The third-order valence-electron chi connectivity index (χ3n) is 2.73. The first-order chi connectivity index (χ1) is 5.64. The molecule has 2 heteroatoms. The van der Waals surface area contributed by atoms with E-state index in [4.69, 9.17) is 0 Å². The lowest BCUT2D eigenvalue weighted by molar-refractivity contribution is 0.0735. The van der Waals surface area contributed by atoms with Crippen LogP contribution >= 0.6 is 0 Å². The zero-order chi connectivity index (χ0) is 9.03. The molecule has 1 rings (SSSR count). The Kier molecular flexibility index (Phi) is 3.51. The van der Waals surface area contributed by atoms with Crippen LogP contribution in [0.3, 0.4) is 0 Å². The van der Waals surface area contributed by atoms with Crippen LogP contribution in [0.2, 0.25) is 0 Å². The largest absolute Gasteiger partial charge is 0.303 e. The van der Waals surface area contributed by atoms with Crippen molar-refractivity contribution in [3.63, 3.8) is 0 Å². The van der Waals surface area contributed by atoms with Crippen molar-refractivity contribution in [3.05, 3.63) is 0 Å². The molecule has 1 fully saturated rings. The van der Waals surface area contributed by atoms with Crippen molar-refractivity contribution in [2.45, 2.75) is 45.2 Å². The monoisotopic (exact) mass is 173 g/mol. The Bertz CT molecular complexity index is 124. The zero-order valence-electron chi connectivity index (χ0n) is 8.27. The number of alkyl halides is 1. The van der Waals surface area contributed by atoms with Gasteiger partial charge in [-0.25, -0.2) is 4.39 Å². The van der Waals surface area contributed by atoms with Crippen LogP contribution in [-0.4, -0.2) is 30.2 Å². The van der Waals surface area contributed by atoms with Gasteiger partial charge in [0.25, 0.3) is 0 Å². The fourth-order valence-electron chi connectivity index (χ4n) is 1.62. The predicted octanol–water partition coefficient (Wildman–Crippen LogP) is 2.61. The van der Waals surface area contributed by atoms with Crippen molar-refractivity contribution in [1.29, 1.82) is 0 Å². The molecular weight excluding hydrogens is 153 g/mol. The molecule has 0 radical (unpaired) electrons. The molecule has 0 atom stereocenters. The molecule has 0 amide bonds. The lowest BCUT2D eigenvalue weighted by atomic mass is 9.95. The van der Waals surface area contributed by atoms with Crippen molar-refractivity contribution < 1.29 is 4.39 Å². The molecule has 1 aliphatic rings. The average molecular weight is 173 g/mol. The summed E-state index contributed by atoms with van der Waals surface area (Å²) in [6.07, 6.45) is 3.93. The molecule has 12 heavy (non-hydrogen) atoms. The highest BCUT2D eigenvalue weighted by Crippen LogP contribution is 2.25. The molecule has 1 nitrogen and oxygen atoms in total. The third-order valence-corrected chi connectivity index (χ3v) is 2.73. The summed E-state index contributed by atoms with van der Waals surface area (Å²) in [5.41, 5.74) is -0.886. The molecule has 1 saturated heterocycles. The summed E-state index contributed by atoms with van der Waals surface area (Å²) in [6, 6.07) is 0. The molecule has 0 bridgehead atoms. The molecule has 0 aromatic heterocycles. The lowest BCUT2D eigenvalue weighted by Gasteiger charge is -2.34. The van der Waals surface area contributed by atoms with Crippen LogP contribution < -0.4 is 0 Å². The molecule has 0 N–H and O–H groups in total. The van der Waals surface area contributed by atoms with Crippen molar-refractivity contribution in [2.24, 2.45) is 0 Å². The Labute approximate surface area is 74.9 Å². The van der Waals surface area contributed by atoms with E-state index in [-0.39, 0.29) is 0 Å². The number of piperidine rings is 1. The molecule has 1 aliphatic heterocycles. The van der Waals surface area contributed by atoms with Gasteiger partial charge in [-0.3, -0.25) is 0 Å². The summed E-state index contributed by atoms with van der Waals surface area (Å²) in [5, 5.41) is 0. The van der Waals surface area contributed by atoms with E-state index in [1.807, 2.05) is 0 Å². The minimum absolute atomic E-state index is 0.719. The predicted molar refractivity (Wildman–Crippen MR) is 50.1 cm³/mol. The number of nitrogens with zero attached hydrogens (tertiary/aromatic N) is 1. The Hall–Kier alpha value is -0.110. The summed E-state index contributed by atoms with van der Waals surface area (Å²) in [6.45, 7) is 6.99. The number of hydrogen-bond acceptors (Lipinski definition) is 1. The summed E-state index contributed by atoms with van der Waals surface area (Å²) >= 11 is 0. The maximum atomic E-state index is 13.3. The van der Waals surface area contributed by atoms with Gasteiger partial charge < -0.3 is 4.90 Å². The van der Waals surface area contributed by atoms with Crippen molar-refractivity contribution in [3.8, 4) is 0 Å². The van der Waals surface area contributed by atoms with Gasteiger partial charge in [0, 0.05) is 13.1 Å². The molecule has 0 aromatic rings. The zero-order valence-corrected chi connectivity index (χ0v) is 8.27. The first-order valence-electron chi connectivity index (χ1n) is 5.05. The molecule has 1 heterocycles. The maximum absolute atomic E-state index is 13.3. The molecule has 0 aromatic carbocycles. The topological polar surface area (TPSA) is 3.24 Å². The van der Waals surface area contributed by atoms with E-state index in [9.17, 15) is 4.39 Å². The van der Waals surface area contributed by atoms with Gasteiger partial charge in [0.2, 0.25) is 0 Å². The highest BCUT2D eigenvalue weighted by molar-refractivity contribution is 4.81. The highest BCUT2D eigenvalue weighted by Gasteiger charge is 2.28. The van der Waals surface area contributed by atoms with E-state index in [2.05, 4.69) is 11.8 Å². The number of hydrogen-bond donors (Lipinski definition) is 0. The lowest BCUT2D eigenvalue weighted by Crippen LogP contribution is -2.40. The first kappa shape index (κ1) is 9.97. The summed E-state index contributed by atoms with van der Waals surface area (Å²) in [7, 11) is 0. The number of halogens is 1. The maximum Gasteiger partial charge on any atom is 0.110 e. The van der Waals surface area contributed by atoms with E-state index >= 15 is 0 Å². The molecule has 0 unspecified atom stereocenters. The van der Waals surface area contributed by atoms with Gasteiger partial charge in [-0.2, -0.15) is 0 Å². The van der Waals surface area contributed by atoms with Gasteiger partial charge in [0.05, 0.1) is 0 Å². The van der Waals surface area contributed by atoms with Crippen LogP contribution in [0.1, 0.15) is 39.5 Å². The van der Waals surface area contributed by atoms with E-state index in [1.54, 1.807) is 6.92 Å². The van der Waals surface area contributed by atoms with E-state index < -0.39 is 5.67 Å². The van der Waals surface area contributed by atoms with Crippen molar-refractivity contribution in [2.75, 3.05) is 19.6 Å². The van der Waals surface area contributed by atoms with E-state index in [0.29, 0.717) is 0 Å². The Balaban J connectivity index is 2.18. The Morgan fingerprint density at radius 3 is 2.42 bits per heavy atom. The fourth-order valence-corrected chi connectivity index (χ4v) is 1.62. The van der Waals surface area contributed by atoms with Gasteiger partial charge >= 0.3 is 0 Å². The van der Waals surface area contributed by atoms with Gasteiger partial charge in [0.15, 0.2) is 0 Å². The quantitative estimate of drug-likeness (QED) is 0.634. The van der Waals surface area contributed by atoms with Gasteiger partial charge in [-0.05, 0) is 32.7 Å². The number of unbranched alkanes of at least 4 members (excludes halogenated alkanes) is 1. The molecule has 72 valence electrons. The number of likely N-dealkylation sites (tertiary alicyclic amines) is 1. The molecular formula is C10H20FN. The minimum Gasteiger partial charge on any atom is -0.303 e. The van der Waals surface area contributed by atoms with Crippen LogP contribution in [0.4, 0.5) is 4.39 Å². The van der Waals surface area contributed by atoms with E-state index in [0.717, 1.165) is 32.5 Å². The van der Waals surface area contributed by atoms with Crippen LogP contribution in [-0.2, 0) is 0 Å². The summed E-state index contributed by atoms with van der Waals surface area (Å²) in [4.78, 5) is 2.38. The molecule has 0 aliphatic carbocycles. The highest BCUT2D eigenvalue weighted by atomic mass is 19.1. The summed E-state index contributed by atoms with van der Waals surface area (Å²) in [5.74, 6) is 0. The minimum atomic E-state index is -0.886. The fraction of sp³-hybridized carbons (Fsp3) is 1.00. The van der Waals surface area contributed by atoms with Crippen molar-refractivity contribution >= 4 is 0 Å². The van der Waals surface area contributed by atoms with Crippen LogP contribution in [0.15, 0.2) is 0 Å². The van der Waals surface area contributed by atoms with Crippen molar-refractivity contribution in [1.82, 2.24) is 4.90 Å². The van der Waals surface area contributed by atoms with Crippen LogP contribution in [0.25, 0.3) is 0 Å². The standard InChI is InChI=1S/C10H20FN/c1-3-4-7-12-8-5-10(2,11)6-9-12/h3-9H2,1-2H3. The molecule has 0 saturated carbocycles. The van der Waals surface area contributed by atoms with Crippen LogP contribution in [0.5, 0.6) is 0 Å². The Morgan fingerprint density at radius 1 is 1.33 bits per heavy atom. The second-order valence-electron chi connectivity index (χ2n) is 4.11.